The van der Waals surface area contributed by atoms with Crippen molar-refractivity contribution in [3.05, 3.63) is 71.3 Å². The number of halogens is 2. The van der Waals surface area contributed by atoms with Gasteiger partial charge in [0.15, 0.2) is 11.2 Å². The van der Waals surface area contributed by atoms with Crippen molar-refractivity contribution in [1.29, 1.82) is 10.7 Å². The average molecular weight is 555 g/mol. The Hall–Kier alpha value is -2.86. The molecule has 2 aromatic carbocycles. The van der Waals surface area contributed by atoms with Gasteiger partial charge in [0.05, 0.1) is 26.4 Å². The molecule has 2 aromatic rings. The number of aliphatic hydroxyl groups excluding tert-OH is 1. The lowest BCUT2D eigenvalue weighted by Crippen LogP contribution is -2.66. The first-order valence-electron chi connectivity index (χ1n) is 13.9. The molecule has 6 atom stereocenters. The highest BCUT2D eigenvalue weighted by atomic mass is 19.1. The van der Waals surface area contributed by atoms with Gasteiger partial charge in [-0.15, -0.1) is 0 Å². The molecule has 8 heteroatoms. The van der Waals surface area contributed by atoms with Crippen LogP contribution >= 0.6 is 0 Å². The topological polar surface area (TPSA) is 95.6 Å². The highest BCUT2D eigenvalue weighted by Gasteiger charge is 2.69. The molecule has 40 heavy (non-hydrogen) atoms. The third-order valence-corrected chi connectivity index (χ3v) is 9.77. The second kappa shape index (κ2) is 11.6. The minimum Gasteiger partial charge on any atom is -0.482 e. The summed E-state index contributed by atoms with van der Waals surface area (Å²) in [5.41, 5.74) is 0.990. The van der Waals surface area contributed by atoms with Gasteiger partial charge in [-0.3, -0.25) is 5.41 Å². The number of aliphatic hydroxyl groups is 1. The zero-order chi connectivity index (χ0) is 29.2. The SMILES string of the molecule is CO.COC(=N)[C@@]12OC[C@]1(C)CC[C@@H]2Cc1ccc(F)cc1.C[C@@]12CCC(Cc3ccc(F)cc3)[C@]1(C#N)OC2. The van der Waals surface area contributed by atoms with Crippen molar-refractivity contribution in [1.82, 2.24) is 0 Å². The molecule has 2 saturated heterocycles. The number of fused-ring (bicyclic) bond motifs is 2. The van der Waals surface area contributed by atoms with Gasteiger partial charge in [0.25, 0.3) is 0 Å². The van der Waals surface area contributed by atoms with Gasteiger partial charge in [0.1, 0.15) is 11.6 Å². The smallest absolute Gasteiger partial charge is 0.214 e. The van der Waals surface area contributed by atoms with Gasteiger partial charge in [-0.25, -0.2) is 8.78 Å². The fourth-order valence-electron chi connectivity index (χ4n) is 7.31. The molecule has 6 rings (SSSR count). The van der Waals surface area contributed by atoms with E-state index in [4.69, 9.17) is 24.7 Å². The minimum absolute atomic E-state index is 0.00475. The summed E-state index contributed by atoms with van der Waals surface area (Å²) < 4.78 is 42.6. The van der Waals surface area contributed by atoms with Crippen molar-refractivity contribution in [2.75, 3.05) is 27.4 Å². The molecule has 2 heterocycles. The Morgan fingerprint density at radius 2 is 1.38 bits per heavy atom. The zero-order valence-electron chi connectivity index (χ0n) is 23.8. The third kappa shape index (κ3) is 4.82. The summed E-state index contributed by atoms with van der Waals surface area (Å²) in [6.45, 7) is 5.71. The van der Waals surface area contributed by atoms with Crippen molar-refractivity contribution >= 4 is 5.90 Å². The van der Waals surface area contributed by atoms with Crippen LogP contribution < -0.4 is 0 Å². The van der Waals surface area contributed by atoms with Gasteiger partial charge in [-0.1, -0.05) is 38.1 Å². The van der Waals surface area contributed by atoms with Gasteiger partial charge < -0.3 is 19.3 Å². The van der Waals surface area contributed by atoms with Crippen molar-refractivity contribution in [3.63, 3.8) is 0 Å². The number of hydrogen-bond acceptors (Lipinski definition) is 6. The van der Waals surface area contributed by atoms with Gasteiger partial charge in [-0.2, -0.15) is 5.26 Å². The number of nitrogens with zero attached hydrogens (tertiary/aromatic N) is 1. The number of ether oxygens (including phenoxy) is 3. The van der Waals surface area contributed by atoms with E-state index >= 15 is 0 Å². The first-order chi connectivity index (χ1) is 19.1. The molecule has 216 valence electrons. The van der Waals surface area contributed by atoms with Crippen LogP contribution in [0.3, 0.4) is 0 Å². The van der Waals surface area contributed by atoms with Gasteiger partial charge in [0, 0.05) is 29.8 Å². The van der Waals surface area contributed by atoms with Crippen LogP contribution in [0.2, 0.25) is 0 Å². The summed E-state index contributed by atoms with van der Waals surface area (Å²) >= 11 is 0. The molecular formula is C32H40F2N2O4. The van der Waals surface area contributed by atoms with Crippen LogP contribution in [-0.4, -0.2) is 49.6 Å². The van der Waals surface area contributed by atoms with Crippen LogP contribution in [0.4, 0.5) is 8.78 Å². The van der Waals surface area contributed by atoms with E-state index in [0.29, 0.717) is 13.2 Å². The van der Waals surface area contributed by atoms with Crippen molar-refractivity contribution in [3.8, 4) is 6.07 Å². The molecule has 0 amide bonds. The molecule has 0 bridgehead atoms. The standard InChI is InChI=1S/C16H20FNO2.C15H16FNO.CH4O/c1-15-8-7-12(9-11-3-5-13(17)6-4-11)16(15,20-10-15)14(18)19-2;1-14-7-6-12(15(14,9-17)18-10-14)8-11-2-4-13(16)5-3-11;1-2/h3-6,12,18H,7-10H2,1-2H3;2-5,12H,6-8,10H2,1H3;2H,1H3/t12-,15+,16-;12?,14-,15-;/m10./s1. The van der Waals surface area contributed by atoms with E-state index in [1.165, 1.54) is 31.4 Å². The largest absolute Gasteiger partial charge is 0.482 e. The van der Waals surface area contributed by atoms with E-state index in [1.807, 2.05) is 12.1 Å². The Kier molecular flexibility index (Phi) is 8.70. The van der Waals surface area contributed by atoms with Gasteiger partial charge in [0.2, 0.25) is 5.90 Å². The molecule has 2 aliphatic carbocycles. The normalized spacial score (nSPS) is 34.8. The Labute approximate surface area is 235 Å². The van der Waals surface area contributed by atoms with E-state index in [2.05, 4.69) is 19.9 Å². The number of nitrogens with one attached hydrogen (secondary N) is 1. The molecule has 1 unspecified atom stereocenters. The Balaban J connectivity index is 0.000000175. The number of methoxy groups -OCH3 is 1. The summed E-state index contributed by atoms with van der Waals surface area (Å²) in [6, 6.07) is 15.6. The molecule has 4 aliphatic rings. The predicted molar refractivity (Wildman–Crippen MR) is 148 cm³/mol. The minimum atomic E-state index is -0.610. The first-order valence-corrected chi connectivity index (χ1v) is 13.9. The maximum atomic E-state index is 13.0. The number of rotatable bonds is 5. The fraction of sp³-hybridized carbons (Fsp3) is 0.562. The van der Waals surface area contributed by atoms with E-state index in [9.17, 15) is 14.0 Å². The van der Waals surface area contributed by atoms with Gasteiger partial charge in [-0.05, 0) is 73.9 Å². The Bertz CT molecular complexity index is 1230. The van der Waals surface area contributed by atoms with Gasteiger partial charge >= 0.3 is 0 Å². The lowest BCUT2D eigenvalue weighted by atomic mass is 9.67. The van der Waals surface area contributed by atoms with E-state index < -0.39 is 11.2 Å². The number of nitriles is 1. The van der Waals surface area contributed by atoms with Crippen molar-refractivity contribution < 1.29 is 28.1 Å². The lowest BCUT2D eigenvalue weighted by Gasteiger charge is -2.54. The molecule has 6 nitrogen and oxygen atoms in total. The van der Waals surface area contributed by atoms with Crippen molar-refractivity contribution in [2.24, 2.45) is 22.7 Å². The summed E-state index contributed by atoms with van der Waals surface area (Å²) in [5, 5.41) is 24.6. The van der Waals surface area contributed by atoms with E-state index in [-0.39, 0.29) is 40.2 Å². The summed E-state index contributed by atoms with van der Waals surface area (Å²) in [4.78, 5) is 0. The summed E-state index contributed by atoms with van der Waals surface area (Å²) in [7, 11) is 2.53. The monoisotopic (exact) mass is 554 g/mol. The maximum absolute atomic E-state index is 13.0. The maximum Gasteiger partial charge on any atom is 0.214 e. The highest BCUT2D eigenvalue weighted by Crippen LogP contribution is 2.61. The summed E-state index contributed by atoms with van der Waals surface area (Å²) in [6.07, 6.45) is 5.71. The van der Waals surface area contributed by atoms with Crippen LogP contribution in [0.25, 0.3) is 0 Å². The fourth-order valence-corrected chi connectivity index (χ4v) is 7.31. The van der Waals surface area contributed by atoms with Crippen LogP contribution in [-0.2, 0) is 27.1 Å². The van der Waals surface area contributed by atoms with Crippen LogP contribution in [0.1, 0.15) is 50.7 Å². The van der Waals surface area contributed by atoms with E-state index in [0.717, 1.165) is 56.8 Å². The molecule has 4 fully saturated rings. The number of hydrogen-bond donors (Lipinski definition) is 2. The molecule has 2 N–H and O–H groups in total. The Morgan fingerprint density at radius 1 is 0.900 bits per heavy atom. The molecule has 0 aromatic heterocycles. The Morgan fingerprint density at radius 3 is 1.80 bits per heavy atom. The summed E-state index contributed by atoms with van der Waals surface area (Å²) in [5.74, 6) is 0.246. The zero-order valence-corrected chi connectivity index (χ0v) is 23.8. The second-order valence-electron chi connectivity index (χ2n) is 11.9. The van der Waals surface area contributed by atoms with Crippen LogP contribution in [0.15, 0.2) is 48.5 Å². The quantitative estimate of drug-likeness (QED) is 0.356. The van der Waals surface area contributed by atoms with Crippen LogP contribution in [0.5, 0.6) is 0 Å². The molecule has 2 saturated carbocycles. The third-order valence-electron chi connectivity index (χ3n) is 9.77. The highest BCUT2D eigenvalue weighted by molar-refractivity contribution is 5.85. The molecule has 2 aliphatic heterocycles. The van der Waals surface area contributed by atoms with Crippen LogP contribution in [0, 0.1) is 51.0 Å². The number of benzene rings is 2. The molecular weight excluding hydrogens is 514 g/mol. The molecule has 0 spiro atoms. The molecule has 0 radical (unpaired) electrons. The van der Waals surface area contributed by atoms with Crippen molar-refractivity contribution in [2.45, 2.75) is 63.6 Å². The predicted octanol–water partition coefficient (Wildman–Crippen LogP) is 5.86. The second-order valence-corrected chi connectivity index (χ2v) is 11.9. The average Bonchev–Trinajstić information content (AvgIpc) is 3.26. The first kappa shape index (κ1) is 30.1. The van der Waals surface area contributed by atoms with E-state index in [1.54, 1.807) is 12.1 Å². The lowest BCUT2D eigenvalue weighted by molar-refractivity contribution is -0.225.